The van der Waals surface area contributed by atoms with Gasteiger partial charge in [0.15, 0.2) is 11.5 Å². The first kappa shape index (κ1) is 11.1. The van der Waals surface area contributed by atoms with Crippen molar-refractivity contribution in [2.24, 2.45) is 0 Å². The van der Waals surface area contributed by atoms with Crippen LogP contribution < -0.4 is 15.2 Å². The molecule has 2 aromatic rings. The van der Waals surface area contributed by atoms with Gasteiger partial charge in [0.05, 0.1) is 19.8 Å². The topological polar surface area (TPSA) is 90.7 Å². The maximum absolute atomic E-state index is 9.59. The van der Waals surface area contributed by atoms with Crippen LogP contribution in [-0.4, -0.2) is 24.5 Å². The molecule has 0 radical (unpaired) electrons. The number of nitrogens with zero attached hydrogens (tertiary/aromatic N) is 1. The number of nitrogens with two attached hydrogens (primary N) is 1. The lowest BCUT2D eigenvalue weighted by molar-refractivity contribution is 0.352. The Morgan fingerprint density at radius 3 is 2.53 bits per heavy atom. The van der Waals surface area contributed by atoms with Gasteiger partial charge in [0.2, 0.25) is 5.88 Å². The van der Waals surface area contributed by atoms with E-state index in [9.17, 15) is 5.11 Å². The van der Waals surface area contributed by atoms with Gasteiger partial charge in [-0.25, -0.2) is 0 Å². The number of hydrogen-bond donors (Lipinski definition) is 2. The van der Waals surface area contributed by atoms with Crippen molar-refractivity contribution in [1.29, 1.82) is 0 Å². The number of nitrogen functional groups attached to an aromatic ring is 1. The fraction of sp³-hybridized carbons (Fsp3) is 0.182. The molecule has 1 aromatic carbocycles. The molecule has 0 saturated heterocycles. The summed E-state index contributed by atoms with van der Waals surface area (Å²) in [5.74, 6) is 1.09. The largest absolute Gasteiger partial charge is 0.508 e. The average molecular weight is 236 g/mol. The fourth-order valence-electron chi connectivity index (χ4n) is 1.56. The molecule has 0 fully saturated rings. The molecule has 0 unspecified atom stereocenters. The Hall–Kier alpha value is -2.37. The number of benzene rings is 1. The molecule has 2 rings (SSSR count). The van der Waals surface area contributed by atoms with Gasteiger partial charge in [0.25, 0.3) is 0 Å². The average Bonchev–Trinajstić information content (AvgIpc) is 2.74. The second-order valence-electron chi connectivity index (χ2n) is 3.34. The molecule has 3 N–H and O–H groups in total. The molecule has 6 nitrogen and oxygen atoms in total. The molecule has 0 atom stereocenters. The predicted molar refractivity (Wildman–Crippen MR) is 61.1 cm³/mol. The molecular weight excluding hydrogens is 224 g/mol. The van der Waals surface area contributed by atoms with Crippen molar-refractivity contribution in [2.75, 3.05) is 20.0 Å². The monoisotopic (exact) mass is 236 g/mol. The van der Waals surface area contributed by atoms with Crippen molar-refractivity contribution in [3.63, 3.8) is 0 Å². The number of hydrogen-bond acceptors (Lipinski definition) is 6. The molecular formula is C11H12N2O4. The van der Waals surface area contributed by atoms with Crippen molar-refractivity contribution in [3.8, 4) is 28.5 Å². The van der Waals surface area contributed by atoms with Gasteiger partial charge in [-0.2, -0.15) is 0 Å². The third-order valence-corrected chi connectivity index (χ3v) is 2.27. The van der Waals surface area contributed by atoms with Crippen LogP contribution in [0.3, 0.4) is 0 Å². The smallest absolute Gasteiger partial charge is 0.222 e. The van der Waals surface area contributed by atoms with Crippen molar-refractivity contribution >= 4 is 5.88 Å². The molecule has 0 saturated carbocycles. The molecule has 0 aliphatic carbocycles. The maximum Gasteiger partial charge on any atom is 0.222 e. The van der Waals surface area contributed by atoms with Crippen LogP contribution in [0.4, 0.5) is 5.88 Å². The number of phenols is 1. The highest BCUT2D eigenvalue weighted by molar-refractivity contribution is 5.74. The molecule has 90 valence electrons. The number of ether oxygens (including phenoxy) is 2. The fourth-order valence-corrected chi connectivity index (χ4v) is 1.56. The van der Waals surface area contributed by atoms with E-state index in [1.54, 1.807) is 0 Å². The molecule has 0 spiro atoms. The Balaban J connectivity index is 2.63. The Morgan fingerprint density at radius 1 is 1.24 bits per heavy atom. The Labute approximate surface area is 97.5 Å². The van der Waals surface area contributed by atoms with E-state index in [0.717, 1.165) is 0 Å². The molecule has 1 heterocycles. The summed E-state index contributed by atoms with van der Waals surface area (Å²) in [4.78, 5) is 0. The van der Waals surface area contributed by atoms with E-state index in [2.05, 4.69) is 5.16 Å². The van der Waals surface area contributed by atoms with Crippen LogP contribution >= 0.6 is 0 Å². The van der Waals surface area contributed by atoms with Gasteiger partial charge in [-0.05, 0) is 6.07 Å². The highest BCUT2D eigenvalue weighted by Gasteiger charge is 2.16. The maximum atomic E-state index is 9.59. The minimum absolute atomic E-state index is 0.0409. The van der Waals surface area contributed by atoms with E-state index in [0.29, 0.717) is 22.8 Å². The lowest BCUT2D eigenvalue weighted by Gasteiger charge is -2.11. The summed E-state index contributed by atoms with van der Waals surface area (Å²) in [6.07, 6.45) is 0. The van der Waals surface area contributed by atoms with E-state index in [1.165, 1.54) is 32.4 Å². The second-order valence-corrected chi connectivity index (χ2v) is 3.34. The summed E-state index contributed by atoms with van der Waals surface area (Å²) in [6.45, 7) is 0. The van der Waals surface area contributed by atoms with Gasteiger partial charge in [0.1, 0.15) is 11.4 Å². The summed E-state index contributed by atoms with van der Waals surface area (Å²) in [5.41, 5.74) is 6.46. The number of phenolic OH excluding ortho intramolecular Hbond substituents is 1. The Morgan fingerprint density at radius 2 is 2.00 bits per heavy atom. The predicted octanol–water partition coefficient (Wildman–Crippen LogP) is 1.65. The zero-order valence-corrected chi connectivity index (χ0v) is 9.43. The molecule has 1 aromatic heterocycles. The molecule has 6 heteroatoms. The Bertz CT molecular complexity index is 536. The quantitative estimate of drug-likeness (QED) is 0.841. The van der Waals surface area contributed by atoms with E-state index in [1.807, 2.05) is 0 Å². The van der Waals surface area contributed by atoms with Crippen molar-refractivity contribution in [3.05, 3.63) is 18.2 Å². The van der Waals surface area contributed by atoms with Gasteiger partial charge in [-0.15, -0.1) is 0 Å². The molecule has 0 aliphatic heterocycles. The molecule has 0 amide bonds. The first-order valence-corrected chi connectivity index (χ1v) is 4.83. The first-order chi connectivity index (χ1) is 8.15. The van der Waals surface area contributed by atoms with Crippen molar-refractivity contribution < 1.29 is 19.1 Å². The number of anilines is 1. The SMILES string of the molecule is COc1cc(O)cc(-c2cc(N)on2)c1OC. The van der Waals surface area contributed by atoms with Crippen LogP contribution in [0, 0.1) is 0 Å². The summed E-state index contributed by atoms with van der Waals surface area (Å²) in [7, 11) is 2.99. The van der Waals surface area contributed by atoms with Gasteiger partial charge in [0, 0.05) is 12.1 Å². The van der Waals surface area contributed by atoms with Gasteiger partial charge < -0.3 is 24.8 Å². The molecule has 0 bridgehead atoms. The van der Waals surface area contributed by atoms with E-state index < -0.39 is 0 Å². The van der Waals surface area contributed by atoms with Crippen LogP contribution in [-0.2, 0) is 0 Å². The van der Waals surface area contributed by atoms with Crippen LogP contribution in [0.5, 0.6) is 17.2 Å². The third-order valence-electron chi connectivity index (χ3n) is 2.27. The van der Waals surface area contributed by atoms with Gasteiger partial charge in [-0.3, -0.25) is 0 Å². The lowest BCUT2D eigenvalue weighted by Crippen LogP contribution is -1.93. The second kappa shape index (κ2) is 4.25. The summed E-state index contributed by atoms with van der Waals surface area (Å²) in [6, 6.07) is 4.49. The van der Waals surface area contributed by atoms with E-state index >= 15 is 0 Å². The highest BCUT2D eigenvalue weighted by Crippen LogP contribution is 2.40. The summed E-state index contributed by atoms with van der Waals surface area (Å²) < 4.78 is 15.1. The Kier molecular flexibility index (Phi) is 2.78. The zero-order valence-electron chi connectivity index (χ0n) is 9.43. The lowest BCUT2D eigenvalue weighted by atomic mass is 10.1. The zero-order chi connectivity index (χ0) is 12.4. The van der Waals surface area contributed by atoms with Crippen LogP contribution in [0.25, 0.3) is 11.3 Å². The standard InChI is InChI=1S/C11H12N2O4/c1-15-9-4-6(14)3-7(11(9)16-2)8-5-10(12)17-13-8/h3-5,14H,12H2,1-2H3. The summed E-state index contributed by atoms with van der Waals surface area (Å²) in [5, 5.41) is 13.4. The number of aromatic nitrogens is 1. The minimum Gasteiger partial charge on any atom is -0.508 e. The summed E-state index contributed by atoms with van der Waals surface area (Å²) >= 11 is 0. The van der Waals surface area contributed by atoms with Crippen molar-refractivity contribution in [1.82, 2.24) is 5.16 Å². The molecule has 0 aliphatic rings. The number of rotatable bonds is 3. The minimum atomic E-state index is 0.0409. The van der Waals surface area contributed by atoms with Crippen LogP contribution in [0.1, 0.15) is 0 Å². The highest BCUT2D eigenvalue weighted by atomic mass is 16.5. The van der Waals surface area contributed by atoms with Crippen molar-refractivity contribution in [2.45, 2.75) is 0 Å². The first-order valence-electron chi connectivity index (χ1n) is 4.83. The number of aromatic hydroxyl groups is 1. The van der Waals surface area contributed by atoms with Gasteiger partial charge >= 0.3 is 0 Å². The van der Waals surface area contributed by atoms with E-state index in [-0.39, 0.29) is 11.6 Å². The normalized spacial score (nSPS) is 10.2. The van der Waals surface area contributed by atoms with E-state index in [4.69, 9.17) is 19.7 Å². The van der Waals surface area contributed by atoms with Crippen LogP contribution in [0.15, 0.2) is 22.7 Å². The third kappa shape index (κ3) is 1.96. The van der Waals surface area contributed by atoms with Crippen LogP contribution in [0.2, 0.25) is 0 Å². The van der Waals surface area contributed by atoms with Gasteiger partial charge in [-0.1, -0.05) is 5.16 Å². The number of methoxy groups -OCH3 is 2. The molecule has 17 heavy (non-hydrogen) atoms.